The van der Waals surface area contributed by atoms with E-state index in [1.54, 1.807) is 7.11 Å². The van der Waals surface area contributed by atoms with Crippen LogP contribution in [0.2, 0.25) is 0 Å². The molecule has 10 heteroatoms. The molecule has 0 saturated carbocycles. The van der Waals surface area contributed by atoms with Crippen LogP contribution in [0.15, 0.2) is 4.99 Å². The summed E-state index contributed by atoms with van der Waals surface area (Å²) in [6, 6.07) is 0. The number of carbonyl (C=O) groups is 1. The summed E-state index contributed by atoms with van der Waals surface area (Å²) in [7, 11) is 0.727. The van der Waals surface area contributed by atoms with E-state index >= 15 is 0 Å². The van der Waals surface area contributed by atoms with Crippen LogP contribution in [0.1, 0.15) is 27.7 Å². The van der Waals surface area contributed by atoms with Gasteiger partial charge in [0, 0.05) is 67.7 Å². The van der Waals surface area contributed by atoms with Crippen LogP contribution in [0.25, 0.3) is 0 Å². The summed E-state index contributed by atoms with van der Waals surface area (Å²) in [4.78, 5) is 20.9. The summed E-state index contributed by atoms with van der Waals surface area (Å²) < 4.78 is 16.9. The van der Waals surface area contributed by atoms with Crippen molar-refractivity contribution in [2.75, 3.05) is 71.8 Å². The number of guanidine groups is 1. The fourth-order valence-electron chi connectivity index (χ4n) is 2.64. The van der Waals surface area contributed by atoms with Gasteiger partial charge in [-0.2, -0.15) is 0 Å². The van der Waals surface area contributed by atoms with Gasteiger partial charge in [-0.05, 0) is 27.7 Å². The molecule has 0 radical (unpaired) electrons. The summed E-state index contributed by atoms with van der Waals surface area (Å²) in [6.45, 7) is 14.1. The van der Waals surface area contributed by atoms with Gasteiger partial charge in [0.25, 0.3) is 0 Å². The van der Waals surface area contributed by atoms with Crippen LogP contribution in [-0.2, 0) is 20.3 Å². The monoisotopic (exact) mass is 531 g/mol. The average Bonchev–Trinajstić information content (AvgIpc) is 2.61. The molecule has 166 valence electrons. The van der Waals surface area contributed by atoms with Crippen LogP contribution < -0.4 is 10.6 Å². The average molecular weight is 532 g/mol. The molecule has 1 aliphatic rings. The first-order valence-corrected chi connectivity index (χ1v) is 11.0. The predicted molar refractivity (Wildman–Crippen MR) is 127 cm³/mol. The molecule has 8 nitrogen and oxygen atoms in total. The molecule has 0 spiro atoms. The third kappa shape index (κ3) is 10.9. The summed E-state index contributed by atoms with van der Waals surface area (Å²) in [6.07, 6.45) is 0. The van der Waals surface area contributed by atoms with Crippen LogP contribution >= 0.6 is 24.0 Å². The Hall–Kier alpha value is -0.460. The zero-order valence-corrected chi connectivity index (χ0v) is 21.1. The molecule has 1 amide bonds. The number of rotatable bonds is 9. The molecule has 1 aliphatic heterocycles. The summed E-state index contributed by atoms with van der Waals surface area (Å²) >= 11 is 0. The van der Waals surface area contributed by atoms with E-state index < -0.39 is 10.8 Å². The second kappa shape index (κ2) is 14.5. The van der Waals surface area contributed by atoms with Crippen LogP contribution in [0.4, 0.5) is 0 Å². The van der Waals surface area contributed by atoms with E-state index in [4.69, 9.17) is 4.74 Å². The highest BCUT2D eigenvalue weighted by molar-refractivity contribution is 14.0. The number of hydrogen-bond donors (Lipinski definition) is 2. The van der Waals surface area contributed by atoms with Crippen molar-refractivity contribution >= 4 is 46.6 Å². The van der Waals surface area contributed by atoms with E-state index in [1.165, 1.54) is 0 Å². The predicted octanol–water partition coefficient (Wildman–Crippen LogP) is 0.497. The van der Waals surface area contributed by atoms with Gasteiger partial charge >= 0.3 is 0 Å². The highest BCUT2D eigenvalue weighted by Crippen LogP contribution is 2.11. The van der Waals surface area contributed by atoms with E-state index in [1.807, 2.05) is 27.7 Å². The van der Waals surface area contributed by atoms with Crippen molar-refractivity contribution in [3.63, 3.8) is 0 Å². The van der Waals surface area contributed by atoms with E-state index in [-0.39, 0.29) is 34.6 Å². The number of methoxy groups -OCH3 is 1. The van der Waals surface area contributed by atoms with Gasteiger partial charge in [0.2, 0.25) is 5.91 Å². The number of halogens is 1. The SMILES string of the molecule is CCNC(=NCCS(=O)C(C)(C)C)N1CCN(CC(=O)NCCOC)CC1.I. The largest absolute Gasteiger partial charge is 0.383 e. The van der Waals surface area contributed by atoms with Gasteiger partial charge in [-0.15, -0.1) is 24.0 Å². The number of piperazine rings is 1. The fourth-order valence-corrected chi connectivity index (χ4v) is 3.51. The Morgan fingerprint density at radius 1 is 1.18 bits per heavy atom. The molecule has 1 rings (SSSR count). The lowest BCUT2D eigenvalue weighted by Crippen LogP contribution is -2.54. The van der Waals surface area contributed by atoms with E-state index in [9.17, 15) is 9.00 Å². The summed E-state index contributed by atoms with van der Waals surface area (Å²) in [5.41, 5.74) is 0. The van der Waals surface area contributed by atoms with Crippen molar-refractivity contribution in [3.05, 3.63) is 0 Å². The van der Waals surface area contributed by atoms with Crippen LogP contribution in [-0.4, -0.2) is 102 Å². The molecular weight excluding hydrogens is 493 g/mol. The van der Waals surface area contributed by atoms with Crippen molar-refractivity contribution in [1.82, 2.24) is 20.4 Å². The normalized spacial score (nSPS) is 17.0. The molecule has 1 heterocycles. The lowest BCUT2D eigenvalue weighted by Gasteiger charge is -2.36. The lowest BCUT2D eigenvalue weighted by molar-refractivity contribution is -0.122. The van der Waals surface area contributed by atoms with E-state index in [0.717, 1.165) is 38.7 Å². The number of nitrogens with zero attached hydrogens (tertiary/aromatic N) is 3. The number of amides is 1. The number of nitrogens with one attached hydrogen (secondary N) is 2. The van der Waals surface area contributed by atoms with Gasteiger partial charge in [0.05, 0.1) is 19.7 Å². The zero-order valence-electron chi connectivity index (χ0n) is 18.0. The standard InChI is InChI=1S/C18H37N5O3S.HI/c1-6-19-17(21-8-14-27(25)18(2,3)4)23-11-9-22(10-12-23)15-16(24)20-7-13-26-5;/h6-15H2,1-5H3,(H,19,21)(H,20,24);1H. The molecule has 1 unspecified atom stereocenters. The summed E-state index contributed by atoms with van der Waals surface area (Å²) in [5, 5.41) is 6.17. The second-order valence-corrected chi connectivity index (χ2v) is 9.83. The van der Waals surface area contributed by atoms with Crippen molar-refractivity contribution in [2.24, 2.45) is 4.99 Å². The van der Waals surface area contributed by atoms with Gasteiger partial charge in [-0.25, -0.2) is 0 Å². The van der Waals surface area contributed by atoms with Crippen molar-refractivity contribution < 1.29 is 13.7 Å². The molecule has 0 aromatic rings. The lowest BCUT2D eigenvalue weighted by atomic mass is 10.3. The summed E-state index contributed by atoms with van der Waals surface area (Å²) in [5.74, 6) is 1.47. The fraction of sp³-hybridized carbons (Fsp3) is 0.889. The number of aliphatic imine (C=N–C) groups is 1. The number of carbonyl (C=O) groups excluding carboxylic acids is 1. The Morgan fingerprint density at radius 2 is 1.82 bits per heavy atom. The minimum absolute atomic E-state index is 0. The number of hydrogen-bond acceptors (Lipinski definition) is 5. The Labute approximate surface area is 189 Å². The van der Waals surface area contributed by atoms with Crippen molar-refractivity contribution in [2.45, 2.75) is 32.4 Å². The van der Waals surface area contributed by atoms with Crippen LogP contribution in [0.3, 0.4) is 0 Å². The third-order valence-corrected chi connectivity index (χ3v) is 6.14. The topological polar surface area (TPSA) is 86.3 Å². The van der Waals surface area contributed by atoms with Crippen LogP contribution in [0.5, 0.6) is 0 Å². The molecule has 0 bridgehead atoms. The molecule has 1 fully saturated rings. The Bertz CT molecular complexity index is 506. The Balaban J connectivity index is 0.00000729. The van der Waals surface area contributed by atoms with Crippen LogP contribution in [0, 0.1) is 0 Å². The first-order valence-electron chi connectivity index (χ1n) is 9.67. The molecule has 1 saturated heterocycles. The van der Waals surface area contributed by atoms with Gasteiger partial charge in [-0.1, -0.05) is 0 Å². The maximum absolute atomic E-state index is 12.2. The van der Waals surface area contributed by atoms with E-state index in [2.05, 4.69) is 25.4 Å². The van der Waals surface area contributed by atoms with Gasteiger partial charge in [-0.3, -0.25) is 18.9 Å². The van der Waals surface area contributed by atoms with Gasteiger partial charge in [0.1, 0.15) is 0 Å². The molecule has 0 aliphatic carbocycles. The Kier molecular flexibility index (Phi) is 14.3. The molecule has 2 N–H and O–H groups in total. The highest BCUT2D eigenvalue weighted by atomic mass is 127. The third-order valence-electron chi connectivity index (χ3n) is 4.22. The molecule has 28 heavy (non-hydrogen) atoms. The smallest absolute Gasteiger partial charge is 0.234 e. The molecule has 0 aromatic carbocycles. The molecule has 1 atom stereocenters. The van der Waals surface area contributed by atoms with Gasteiger partial charge in [0.15, 0.2) is 5.96 Å². The highest BCUT2D eigenvalue weighted by Gasteiger charge is 2.22. The second-order valence-electron chi connectivity index (χ2n) is 7.50. The first-order chi connectivity index (χ1) is 12.8. The van der Waals surface area contributed by atoms with E-state index in [0.29, 0.717) is 32.0 Å². The van der Waals surface area contributed by atoms with Crippen molar-refractivity contribution in [1.29, 1.82) is 0 Å². The first kappa shape index (κ1) is 27.5. The maximum atomic E-state index is 12.2. The Morgan fingerprint density at radius 3 is 2.36 bits per heavy atom. The minimum atomic E-state index is -0.894. The zero-order chi connectivity index (χ0) is 20.3. The maximum Gasteiger partial charge on any atom is 0.234 e. The quantitative estimate of drug-likeness (QED) is 0.195. The minimum Gasteiger partial charge on any atom is -0.383 e. The number of ether oxygens (including phenoxy) is 1. The van der Waals surface area contributed by atoms with Crippen molar-refractivity contribution in [3.8, 4) is 0 Å². The molecular formula is C18H38IN5O3S. The van der Waals surface area contributed by atoms with Gasteiger partial charge < -0.3 is 20.3 Å². The molecule has 0 aromatic heterocycles.